The van der Waals surface area contributed by atoms with E-state index in [0.29, 0.717) is 6.42 Å². The van der Waals surface area contributed by atoms with Gasteiger partial charge in [-0.15, -0.1) is 0 Å². The lowest BCUT2D eigenvalue weighted by Gasteiger charge is -2.11. The summed E-state index contributed by atoms with van der Waals surface area (Å²) in [7, 11) is 0. The summed E-state index contributed by atoms with van der Waals surface area (Å²) in [6.45, 7) is 0. The van der Waals surface area contributed by atoms with Crippen LogP contribution < -0.4 is 5.73 Å². The van der Waals surface area contributed by atoms with Crippen LogP contribution in [-0.2, 0) is 6.42 Å². The summed E-state index contributed by atoms with van der Waals surface area (Å²) in [4.78, 5) is 4.30. The first-order chi connectivity index (χ1) is 8.83. The molecule has 0 amide bonds. The van der Waals surface area contributed by atoms with Crippen LogP contribution in [0.4, 0.5) is 0 Å². The molecule has 18 heavy (non-hydrogen) atoms. The van der Waals surface area contributed by atoms with Crippen molar-refractivity contribution in [3.8, 4) is 0 Å². The maximum absolute atomic E-state index is 6.20. The van der Waals surface area contributed by atoms with Gasteiger partial charge in [-0.2, -0.15) is 0 Å². The summed E-state index contributed by atoms with van der Waals surface area (Å²) in [5.74, 6) is 0.911. The Bertz CT molecular complexity index is 646. The quantitative estimate of drug-likeness (QED) is 0.763. The maximum Gasteiger partial charge on any atom is 0.105 e. The van der Waals surface area contributed by atoms with Gasteiger partial charge < -0.3 is 10.2 Å². The smallest absolute Gasteiger partial charge is 0.105 e. The first kappa shape index (κ1) is 11.0. The summed E-state index contributed by atoms with van der Waals surface area (Å²) < 4.78 is 5.32. The van der Waals surface area contributed by atoms with Crippen molar-refractivity contribution in [2.24, 2.45) is 5.73 Å². The van der Waals surface area contributed by atoms with Gasteiger partial charge in [-0.1, -0.05) is 12.1 Å². The van der Waals surface area contributed by atoms with Gasteiger partial charge in [0.2, 0.25) is 0 Å². The van der Waals surface area contributed by atoms with E-state index in [9.17, 15) is 0 Å². The van der Waals surface area contributed by atoms with Crippen LogP contribution in [0.5, 0.6) is 0 Å². The zero-order chi connectivity index (χ0) is 12.4. The lowest BCUT2D eigenvalue weighted by molar-refractivity contribution is 0.488. The van der Waals surface area contributed by atoms with Crippen LogP contribution in [0.1, 0.15) is 17.4 Å². The van der Waals surface area contributed by atoms with E-state index in [1.165, 1.54) is 0 Å². The van der Waals surface area contributed by atoms with E-state index in [2.05, 4.69) is 11.1 Å². The van der Waals surface area contributed by atoms with Crippen molar-refractivity contribution in [3.05, 3.63) is 66.2 Å². The van der Waals surface area contributed by atoms with Crippen LogP contribution in [0, 0.1) is 0 Å². The fourth-order valence-corrected chi connectivity index (χ4v) is 2.09. The SMILES string of the molecule is NC(Cc1ccco1)c1ccc2ncccc2c1. The van der Waals surface area contributed by atoms with Gasteiger partial charge >= 0.3 is 0 Å². The number of hydrogen-bond acceptors (Lipinski definition) is 3. The van der Waals surface area contributed by atoms with Crippen LogP contribution in [0.15, 0.2) is 59.3 Å². The molecule has 0 spiro atoms. The minimum atomic E-state index is -0.0549. The standard InChI is InChI=1S/C15H14N2O/c16-14(10-13-4-2-8-18-13)11-5-6-15-12(9-11)3-1-7-17-15/h1-9,14H,10,16H2. The number of rotatable bonds is 3. The maximum atomic E-state index is 6.20. The molecule has 3 nitrogen and oxygen atoms in total. The van der Waals surface area contributed by atoms with Gasteiger partial charge in [0.15, 0.2) is 0 Å². The largest absolute Gasteiger partial charge is 0.469 e. The van der Waals surface area contributed by atoms with Crippen LogP contribution in [0.2, 0.25) is 0 Å². The zero-order valence-electron chi connectivity index (χ0n) is 9.91. The van der Waals surface area contributed by atoms with Crippen LogP contribution in [0.3, 0.4) is 0 Å². The van der Waals surface area contributed by atoms with Gasteiger partial charge in [0.05, 0.1) is 11.8 Å². The number of furan rings is 1. The minimum absolute atomic E-state index is 0.0549. The number of nitrogens with two attached hydrogens (primary N) is 1. The Morgan fingerprint density at radius 3 is 2.94 bits per heavy atom. The molecule has 1 unspecified atom stereocenters. The van der Waals surface area contributed by atoms with Gasteiger partial charge in [-0.05, 0) is 35.9 Å². The summed E-state index contributed by atoms with van der Waals surface area (Å²) in [6, 6.07) is 13.9. The number of hydrogen-bond donors (Lipinski definition) is 1. The molecule has 0 aliphatic rings. The number of fused-ring (bicyclic) bond motifs is 1. The Balaban J connectivity index is 1.89. The monoisotopic (exact) mass is 238 g/mol. The minimum Gasteiger partial charge on any atom is -0.469 e. The predicted octanol–water partition coefficient (Wildman–Crippen LogP) is 3.07. The van der Waals surface area contributed by atoms with Crippen molar-refractivity contribution in [3.63, 3.8) is 0 Å². The van der Waals surface area contributed by atoms with Crippen molar-refractivity contribution in [2.45, 2.75) is 12.5 Å². The molecule has 2 N–H and O–H groups in total. The normalized spacial score (nSPS) is 12.7. The molecule has 1 atom stereocenters. The molecule has 0 saturated heterocycles. The molecule has 0 aliphatic heterocycles. The Hall–Kier alpha value is -2.13. The molecule has 2 heterocycles. The molecular weight excluding hydrogens is 224 g/mol. The summed E-state index contributed by atoms with van der Waals surface area (Å²) in [6.07, 6.45) is 4.18. The fraction of sp³-hybridized carbons (Fsp3) is 0.133. The molecule has 0 bridgehead atoms. The van der Waals surface area contributed by atoms with E-state index in [-0.39, 0.29) is 6.04 Å². The summed E-state index contributed by atoms with van der Waals surface area (Å²) >= 11 is 0. The molecule has 3 aromatic rings. The highest BCUT2D eigenvalue weighted by molar-refractivity contribution is 5.79. The summed E-state index contributed by atoms with van der Waals surface area (Å²) in [5, 5.41) is 1.12. The van der Waals surface area contributed by atoms with Crippen molar-refractivity contribution in [1.29, 1.82) is 0 Å². The number of aromatic nitrogens is 1. The first-order valence-electron chi connectivity index (χ1n) is 5.95. The van der Waals surface area contributed by atoms with E-state index in [1.54, 1.807) is 12.5 Å². The van der Waals surface area contributed by atoms with Gasteiger partial charge in [0, 0.05) is 24.0 Å². The zero-order valence-corrected chi connectivity index (χ0v) is 9.91. The highest BCUT2D eigenvalue weighted by Crippen LogP contribution is 2.20. The fourth-order valence-electron chi connectivity index (χ4n) is 2.09. The number of nitrogens with zero attached hydrogens (tertiary/aromatic N) is 1. The lowest BCUT2D eigenvalue weighted by Crippen LogP contribution is -2.12. The van der Waals surface area contributed by atoms with E-state index >= 15 is 0 Å². The van der Waals surface area contributed by atoms with Crippen molar-refractivity contribution < 1.29 is 4.42 Å². The Morgan fingerprint density at radius 2 is 2.11 bits per heavy atom. The Labute approximate surface area is 105 Å². The number of benzene rings is 1. The second kappa shape index (κ2) is 4.63. The van der Waals surface area contributed by atoms with Crippen molar-refractivity contribution >= 4 is 10.9 Å². The lowest BCUT2D eigenvalue weighted by atomic mass is 10.0. The molecule has 0 radical (unpaired) electrons. The molecular formula is C15H14N2O. The molecule has 1 aromatic carbocycles. The third kappa shape index (κ3) is 2.13. The molecule has 0 saturated carbocycles. The van der Waals surface area contributed by atoms with E-state index in [4.69, 9.17) is 10.2 Å². The molecule has 3 heteroatoms. The third-order valence-electron chi connectivity index (χ3n) is 3.06. The second-order valence-corrected chi connectivity index (χ2v) is 4.35. The van der Waals surface area contributed by atoms with E-state index < -0.39 is 0 Å². The third-order valence-corrected chi connectivity index (χ3v) is 3.06. The van der Waals surface area contributed by atoms with Crippen molar-refractivity contribution in [2.75, 3.05) is 0 Å². The van der Waals surface area contributed by atoms with Gasteiger partial charge in [-0.25, -0.2) is 0 Å². The number of pyridine rings is 1. The molecule has 3 rings (SSSR count). The highest BCUT2D eigenvalue weighted by atomic mass is 16.3. The van der Waals surface area contributed by atoms with Crippen molar-refractivity contribution in [1.82, 2.24) is 4.98 Å². The van der Waals surface area contributed by atoms with Crippen LogP contribution in [0.25, 0.3) is 10.9 Å². The summed E-state index contributed by atoms with van der Waals surface area (Å²) in [5.41, 5.74) is 8.29. The topological polar surface area (TPSA) is 52.0 Å². The van der Waals surface area contributed by atoms with Gasteiger partial charge in [0.1, 0.15) is 5.76 Å². The average Bonchev–Trinajstić information content (AvgIpc) is 2.91. The molecule has 0 aliphatic carbocycles. The second-order valence-electron chi connectivity index (χ2n) is 4.35. The molecule has 2 aromatic heterocycles. The predicted molar refractivity (Wildman–Crippen MR) is 71.1 cm³/mol. The molecule has 90 valence electrons. The van der Waals surface area contributed by atoms with Gasteiger partial charge in [-0.3, -0.25) is 4.98 Å². The van der Waals surface area contributed by atoms with E-state index in [1.807, 2.05) is 36.4 Å². The van der Waals surface area contributed by atoms with Crippen LogP contribution in [-0.4, -0.2) is 4.98 Å². The Morgan fingerprint density at radius 1 is 1.17 bits per heavy atom. The van der Waals surface area contributed by atoms with E-state index in [0.717, 1.165) is 22.2 Å². The highest BCUT2D eigenvalue weighted by Gasteiger charge is 2.09. The van der Waals surface area contributed by atoms with Crippen LogP contribution >= 0.6 is 0 Å². The molecule has 0 fully saturated rings. The first-order valence-corrected chi connectivity index (χ1v) is 5.95. The Kier molecular flexibility index (Phi) is 2.82. The average molecular weight is 238 g/mol. The van der Waals surface area contributed by atoms with Gasteiger partial charge in [0.25, 0.3) is 0 Å².